The van der Waals surface area contributed by atoms with E-state index in [1.54, 1.807) is 6.20 Å². The number of carboxylic acids is 1. The molecule has 3 unspecified atom stereocenters. The van der Waals surface area contributed by atoms with Crippen molar-refractivity contribution in [1.82, 2.24) is 4.98 Å². The van der Waals surface area contributed by atoms with Crippen molar-refractivity contribution in [2.24, 2.45) is 23.7 Å². The molecule has 2 heterocycles. The molecule has 1 N–H and O–H groups in total. The number of hydrogen-bond donors (Lipinski definition) is 1. The Bertz CT molecular complexity index is 659. The molecule has 3 fully saturated rings. The number of aliphatic carboxylic acids is 1. The van der Waals surface area contributed by atoms with E-state index >= 15 is 0 Å². The summed E-state index contributed by atoms with van der Waals surface area (Å²) in [7, 11) is 0. The van der Waals surface area contributed by atoms with Gasteiger partial charge in [0.2, 0.25) is 0 Å². The number of morpholine rings is 1. The van der Waals surface area contributed by atoms with Crippen LogP contribution < -0.4 is 9.64 Å². The maximum absolute atomic E-state index is 11.1. The number of ether oxygens (including phenoxy) is 2. The van der Waals surface area contributed by atoms with Crippen LogP contribution in [0.15, 0.2) is 18.5 Å². The molecular formula is C21H30N2O4. The molecule has 1 aromatic rings. The molecule has 3 atom stereocenters. The van der Waals surface area contributed by atoms with Crippen molar-refractivity contribution < 1.29 is 19.4 Å². The summed E-state index contributed by atoms with van der Waals surface area (Å²) in [4.78, 5) is 17.7. The van der Waals surface area contributed by atoms with E-state index in [2.05, 4.69) is 22.9 Å². The van der Waals surface area contributed by atoms with Crippen LogP contribution >= 0.6 is 0 Å². The van der Waals surface area contributed by atoms with Crippen LogP contribution in [-0.2, 0) is 9.53 Å². The highest BCUT2D eigenvalue weighted by molar-refractivity contribution is 5.73. The van der Waals surface area contributed by atoms with E-state index in [4.69, 9.17) is 14.6 Å². The Kier molecular flexibility index (Phi) is 5.53. The molecule has 4 rings (SSSR count). The van der Waals surface area contributed by atoms with Gasteiger partial charge in [0.25, 0.3) is 0 Å². The van der Waals surface area contributed by atoms with E-state index in [1.807, 2.05) is 6.20 Å². The van der Waals surface area contributed by atoms with Gasteiger partial charge in [0.15, 0.2) is 0 Å². The molecule has 2 saturated carbocycles. The third-order valence-corrected chi connectivity index (χ3v) is 6.41. The normalized spacial score (nSPS) is 33.5. The van der Waals surface area contributed by atoms with Gasteiger partial charge in [-0.15, -0.1) is 0 Å². The highest BCUT2D eigenvalue weighted by Gasteiger charge is 2.49. The number of nitrogens with zero attached hydrogens (tertiary/aromatic N) is 2. The maximum Gasteiger partial charge on any atom is 0.306 e. The first-order valence-corrected chi connectivity index (χ1v) is 10.3. The summed E-state index contributed by atoms with van der Waals surface area (Å²) in [6.07, 6.45) is 9.49. The first-order chi connectivity index (χ1) is 13.1. The Morgan fingerprint density at radius 1 is 1.33 bits per heavy atom. The molecular weight excluding hydrogens is 344 g/mol. The number of carbonyl (C=O) groups is 1. The second-order valence-corrected chi connectivity index (χ2v) is 8.52. The van der Waals surface area contributed by atoms with Gasteiger partial charge in [-0.2, -0.15) is 0 Å². The molecule has 27 heavy (non-hydrogen) atoms. The van der Waals surface area contributed by atoms with Gasteiger partial charge < -0.3 is 19.5 Å². The largest absolute Gasteiger partial charge is 0.492 e. The van der Waals surface area contributed by atoms with Crippen LogP contribution in [0, 0.1) is 23.7 Å². The monoisotopic (exact) mass is 374 g/mol. The molecule has 0 spiro atoms. The van der Waals surface area contributed by atoms with Gasteiger partial charge in [0, 0.05) is 25.1 Å². The molecule has 6 heteroatoms. The lowest BCUT2D eigenvalue weighted by Crippen LogP contribution is -2.44. The van der Waals surface area contributed by atoms with E-state index in [-0.39, 0.29) is 17.9 Å². The van der Waals surface area contributed by atoms with Crippen LogP contribution in [0.25, 0.3) is 0 Å². The smallest absolute Gasteiger partial charge is 0.306 e. The number of carboxylic acid groups (broad SMARTS) is 1. The highest BCUT2D eigenvalue weighted by Crippen LogP contribution is 2.43. The van der Waals surface area contributed by atoms with E-state index in [1.165, 1.54) is 25.7 Å². The van der Waals surface area contributed by atoms with Gasteiger partial charge in [-0.05, 0) is 31.1 Å². The first-order valence-electron chi connectivity index (χ1n) is 10.3. The number of anilines is 1. The Balaban J connectivity index is 1.32. The fourth-order valence-corrected chi connectivity index (χ4v) is 4.45. The molecule has 1 saturated heterocycles. The van der Waals surface area contributed by atoms with E-state index in [0.717, 1.165) is 43.5 Å². The summed E-state index contributed by atoms with van der Waals surface area (Å²) in [5, 5.41) is 9.16. The summed E-state index contributed by atoms with van der Waals surface area (Å²) in [5.74, 6) is 1.54. The molecule has 3 aliphatic rings. The molecule has 0 amide bonds. The first kappa shape index (κ1) is 18.5. The summed E-state index contributed by atoms with van der Waals surface area (Å²) in [6.45, 7) is 5.25. The second kappa shape index (κ2) is 8.05. The third-order valence-electron chi connectivity index (χ3n) is 6.41. The lowest BCUT2D eigenvalue weighted by Gasteiger charge is -2.34. The molecule has 148 valence electrons. The standard InChI is InChI=1S/C21H30N2O4/c1-14-2-4-15(5-3-14)13-27-17-8-16(10-22-11-17)23-6-7-26-20(12-23)18-9-19(18)21(24)25/h8,10-11,14-15,18-20H,2-7,9,12-13H2,1H3,(H,24,25)/t14-,15-,18?,19?,20?. The summed E-state index contributed by atoms with van der Waals surface area (Å²) >= 11 is 0. The lowest BCUT2D eigenvalue weighted by molar-refractivity contribution is -0.139. The predicted octanol–water partition coefficient (Wildman–Crippen LogP) is 3.21. The van der Waals surface area contributed by atoms with Crippen molar-refractivity contribution in [3.05, 3.63) is 18.5 Å². The summed E-state index contributed by atoms with van der Waals surface area (Å²) < 4.78 is 11.9. The Labute approximate surface area is 160 Å². The average Bonchev–Trinajstić information content (AvgIpc) is 3.49. The Hall–Kier alpha value is -1.82. The van der Waals surface area contributed by atoms with Gasteiger partial charge >= 0.3 is 5.97 Å². The van der Waals surface area contributed by atoms with Gasteiger partial charge in [-0.3, -0.25) is 9.78 Å². The predicted molar refractivity (Wildman–Crippen MR) is 102 cm³/mol. The zero-order chi connectivity index (χ0) is 18.8. The van der Waals surface area contributed by atoms with Crippen molar-refractivity contribution in [1.29, 1.82) is 0 Å². The lowest BCUT2D eigenvalue weighted by atomic mass is 9.83. The highest BCUT2D eigenvalue weighted by atomic mass is 16.5. The van der Waals surface area contributed by atoms with E-state index in [0.29, 0.717) is 12.5 Å². The molecule has 0 bridgehead atoms. The number of hydrogen-bond acceptors (Lipinski definition) is 5. The molecule has 1 aromatic heterocycles. The van der Waals surface area contributed by atoms with Gasteiger partial charge in [0.05, 0.1) is 43.3 Å². The summed E-state index contributed by atoms with van der Waals surface area (Å²) in [5.41, 5.74) is 1.03. The van der Waals surface area contributed by atoms with Crippen LogP contribution in [0.2, 0.25) is 0 Å². The van der Waals surface area contributed by atoms with Gasteiger partial charge in [-0.25, -0.2) is 0 Å². The molecule has 2 aliphatic carbocycles. The fourth-order valence-electron chi connectivity index (χ4n) is 4.45. The average molecular weight is 374 g/mol. The Morgan fingerprint density at radius 2 is 2.15 bits per heavy atom. The molecule has 0 radical (unpaired) electrons. The third kappa shape index (κ3) is 4.54. The van der Waals surface area contributed by atoms with Gasteiger partial charge in [-0.1, -0.05) is 19.8 Å². The fraction of sp³-hybridized carbons (Fsp3) is 0.714. The maximum atomic E-state index is 11.1. The van der Waals surface area contributed by atoms with Crippen LogP contribution in [0.1, 0.15) is 39.0 Å². The van der Waals surface area contributed by atoms with Crippen molar-refractivity contribution in [3.63, 3.8) is 0 Å². The Morgan fingerprint density at radius 3 is 2.89 bits per heavy atom. The van der Waals surface area contributed by atoms with Crippen LogP contribution in [0.4, 0.5) is 5.69 Å². The zero-order valence-electron chi connectivity index (χ0n) is 16.0. The number of aromatic nitrogens is 1. The van der Waals surface area contributed by atoms with Crippen molar-refractivity contribution in [2.75, 3.05) is 31.2 Å². The van der Waals surface area contributed by atoms with Crippen molar-refractivity contribution in [2.45, 2.75) is 45.1 Å². The van der Waals surface area contributed by atoms with E-state index < -0.39 is 5.97 Å². The van der Waals surface area contributed by atoms with Crippen molar-refractivity contribution in [3.8, 4) is 5.75 Å². The SMILES string of the molecule is C[C@H]1CC[C@H](COc2cncc(N3CCOC(C4CC4C(=O)O)C3)c2)CC1. The minimum Gasteiger partial charge on any atom is -0.492 e. The van der Waals surface area contributed by atoms with Crippen LogP contribution in [0.3, 0.4) is 0 Å². The van der Waals surface area contributed by atoms with Crippen LogP contribution in [-0.4, -0.2) is 48.5 Å². The zero-order valence-corrected chi connectivity index (χ0v) is 16.0. The van der Waals surface area contributed by atoms with Crippen LogP contribution in [0.5, 0.6) is 5.75 Å². The quantitative estimate of drug-likeness (QED) is 0.824. The molecule has 1 aliphatic heterocycles. The minimum absolute atomic E-state index is 0.00588. The number of rotatable bonds is 6. The van der Waals surface area contributed by atoms with E-state index in [9.17, 15) is 4.79 Å². The summed E-state index contributed by atoms with van der Waals surface area (Å²) in [6, 6.07) is 2.06. The second-order valence-electron chi connectivity index (χ2n) is 8.52. The number of pyridine rings is 1. The van der Waals surface area contributed by atoms with Crippen molar-refractivity contribution >= 4 is 11.7 Å². The van der Waals surface area contributed by atoms with Gasteiger partial charge in [0.1, 0.15) is 5.75 Å². The molecule has 0 aromatic carbocycles. The minimum atomic E-state index is -0.699. The molecule has 6 nitrogen and oxygen atoms in total. The topological polar surface area (TPSA) is 71.9 Å².